The molecule has 72 valence electrons. The van der Waals surface area contributed by atoms with Crippen LogP contribution < -0.4 is 0 Å². The highest BCUT2D eigenvalue weighted by Gasteiger charge is 2.56. The number of aliphatic hydroxyl groups is 6. The molecule has 12 heavy (non-hydrogen) atoms. The van der Waals surface area contributed by atoms with Gasteiger partial charge in [0.25, 0.3) is 0 Å². The number of rotatable bonds is 0. The lowest BCUT2D eigenvalue weighted by Crippen LogP contribution is -2.62. The van der Waals surface area contributed by atoms with Gasteiger partial charge in [-0.15, -0.1) is 0 Å². The Morgan fingerprint density at radius 2 is 0.667 bits per heavy atom. The number of ether oxygens (including phenoxy) is 3. The fraction of sp³-hybridized carbons (Fsp3) is 1.00. The molecule has 9 heteroatoms. The van der Waals surface area contributed by atoms with Crippen LogP contribution >= 0.6 is 0 Å². The number of hydrogen-bond donors (Lipinski definition) is 6. The van der Waals surface area contributed by atoms with Gasteiger partial charge in [0.2, 0.25) is 0 Å². The highest BCUT2D eigenvalue weighted by atomic mass is 17.2. The van der Waals surface area contributed by atoms with Crippen LogP contribution in [0.1, 0.15) is 0 Å². The van der Waals surface area contributed by atoms with Gasteiger partial charge in [-0.3, -0.25) is 0 Å². The van der Waals surface area contributed by atoms with E-state index in [-0.39, 0.29) is 0 Å². The normalized spacial score (nSPS) is 31.5. The van der Waals surface area contributed by atoms with Gasteiger partial charge in [0, 0.05) is 0 Å². The van der Waals surface area contributed by atoms with E-state index in [9.17, 15) is 0 Å². The van der Waals surface area contributed by atoms with Crippen LogP contribution in [0, 0.1) is 0 Å². The van der Waals surface area contributed by atoms with Crippen molar-refractivity contribution in [3.05, 3.63) is 0 Å². The molecule has 6 N–H and O–H groups in total. The molecule has 0 saturated carbocycles. The summed E-state index contributed by atoms with van der Waals surface area (Å²) >= 11 is 0. The Bertz CT molecular complexity index is 137. The Morgan fingerprint density at radius 3 is 0.833 bits per heavy atom. The molecule has 1 heterocycles. The van der Waals surface area contributed by atoms with Crippen LogP contribution in [0.2, 0.25) is 0 Å². The van der Waals surface area contributed by atoms with Gasteiger partial charge >= 0.3 is 18.5 Å². The lowest BCUT2D eigenvalue weighted by molar-refractivity contribution is -0.737. The van der Waals surface area contributed by atoms with Gasteiger partial charge < -0.3 is 30.6 Å². The van der Waals surface area contributed by atoms with Gasteiger partial charge in [-0.2, -0.15) is 0 Å². The summed E-state index contributed by atoms with van der Waals surface area (Å²) in [4.78, 5) is 0. The summed E-state index contributed by atoms with van der Waals surface area (Å²) in [5.41, 5.74) is 0. The third kappa shape index (κ3) is 2.31. The Kier molecular flexibility index (Phi) is 1.88. The van der Waals surface area contributed by atoms with Crippen molar-refractivity contribution in [3.63, 3.8) is 0 Å². The van der Waals surface area contributed by atoms with E-state index in [1.165, 1.54) is 0 Å². The maximum atomic E-state index is 8.44. The molecule has 9 nitrogen and oxygen atoms in total. The van der Waals surface area contributed by atoms with Gasteiger partial charge in [0.15, 0.2) is 0 Å². The lowest BCUT2D eigenvalue weighted by Gasteiger charge is -2.39. The first-order chi connectivity index (χ1) is 5.12. The summed E-state index contributed by atoms with van der Waals surface area (Å²) < 4.78 is 10.4. The average molecular weight is 186 g/mol. The fourth-order valence-corrected chi connectivity index (χ4v) is 0.582. The quantitative estimate of drug-likeness (QED) is 0.207. The fourth-order valence-electron chi connectivity index (χ4n) is 0.582. The second-order valence-electron chi connectivity index (χ2n) is 1.95. The maximum Gasteiger partial charge on any atom is 0.419 e. The Balaban J connectivity index is 2.81. The predicted octanol–water partition coefficient (Wildman–Crippen LogP) is -4.16. The number of hydrogen-bond acceptors (Lipinski definition) is 9. The Labute approximate surface area is 64.6 Å². The van der Waals surface area contributed by atoms with Crippen LogP contribution in [0.15, 0.2) is 0 Å². The first-order valence-corrected chi connectivity index (χ1v) is 2.57. The third-order valence-corrected chi connectivity index (χ3v) is 0.798. The van der Waals surface area contributed by atoms with Crippen molar-refractivity contribution in [1.82, 2.24) is 0 Å². The smallest absolute Gasteiger partial charge is 0.319 e. The zero-order valence-corrected chi connectivity index (χ0v) is 5.41. The van der Waals surface area contributed by atoms with E-state index in [1.54, 1.807) is 0 Å². The van der Waals surface area contributed by atoms with Crippen LogP contribution in [0.3, 0.4) is 0 Å². The van der Waals surface area contributed by atoms with Crippen molar-refractivity contribution in [2.45, 2.75) is 18.5 Å². The van der Waals surface area contributed by atoms with Gasteiger partial charge in [0.1, 0.15) is 0 Å². The molecule has 1 aliphatic rings. The maximum absolute atomic E-state index is 8.44. The molecule has 1 rings (SSSR count). The summed E-state index contributed by atoms with van der Waals surface area (Å²) in [6, 6.07) is 0. The minimum atomic E-state index is -3.58. The van der Waals surface area contributed by atoms with Crippen LogP contribution in [-0.2, 0) is 14.2 Å². The van der Waals surface area contributed by atoms with Crippen LogP contribution in [0.25, 0.3) is 0 Å². The molecular weight excluding hydrogens is 180 g/mol. The molecule has 0 atom stereocenters. The van der Waals surface area contributed by atoms with E-state index in [1.807, 2.05) is 0 Å². The third-order valence-electron chi connectivity index (χ3n) is 0.798. The second-order valence-corrected chi connectivity index (χ2v) is 1.95. The Morgan fingerprint density at radius 1 is 0.500 bits per heavy atom. The molecule has 0 amide bonds. The summed E-state index contributed by atoms with van der Waals surface area (Å²) in [6.45, 7) is 0. The molecule has 0 radical (unpaired) electrons. The van der Waals surface area contributed by atoms with E-state index < -0.39 is 18.5 Å². The van der Waals surface area contributed by atoms with Crippen molar-refractivity contribution >= 4 is 0 Å². The molecule has 0 aromatic carbocycles. The first kappa shape index (κ1) is 9.73. The summed E-state index contributed by atoms with van der Waals surface area (Å²) in [6.07, 6.45) is -10.7. The SMILES string of the molecule is OC1(O)OC(O)(O)OC(O)(O)O1. The van der Waals surface area contributed by atoms with E-state index in [0.717, 1.165) is 0 Å². The second kappa shape index (κ2) is 2.32. The lowest BCUT2D eigenvalue weighted by atomic mass is 10.8. The van der Waals surface area contributed by atoms with E-state index >= 15 is 0 Å². The molecule has 0 aromatic rings. The zero-order valence-electron chi connectivity index (χ0n) is 5.41. The van der Waals surface area contributed by atoms with Gasteiger partial charge in [-0.05, 0) is 0 Å². The minimum Gasteiger partial charge on any atom is -0.319 e. The molecule has 1 aliphatic heterocycles. The minimum absolute atomic E-state index is 3.45. The topological polar surface area (TPSA) is 149 Å². The van der Waals surface area contributed by atoms with Crippen LogP contribution in [0.5, 0.6) is 0 Å². The van der Waals surface area contributed by atoms with Crippen LogP contribution in [0.4, 0.5) is 0 Å². The van der Waals surface area contributed by atoms with Crippen LogP contribution in [-0.4, -0.2) is 49.1 Å². The van der Waals surface area contributed by atoms with Gasteiger partial charge in [-0.25, -0.2) is 14.2 Å². The van der Waals surface area contributed by atoms with Crippen molar-refractivity contribution in [3.8, 4) is 0 Å². The van der Waals surface area contributed by atoms with Gasteiger partial charge in [-0.1, -0.05) is 0 Å². The first-order valence-electron chi connectivity index (χ1n) is 2.57. The molecule has 1 fully saturated rings. The van der Waals surface area contributed by atoms with Crippen molar-refractivity contribution in [1.29, 1.82) is 0 Å². The van der Waals surface area contributed by atoms with E-state index in [2.05, 4.69) is 14.2 Å². The molecule has 0 bridgehead atoms. The van der Waals surface area contributed by atoms with Gasteiger partial charge in [0.05, 0.1) is 0 Å². The van der Waals surface area contributed by atoms with Crippen molar-refractivity contribution in [2.75, 3.05) is 0 Å². The van der Waals surface area contributed by atoms with E-state index in [0.29, 0.717) is 0 Å². The van der Waals surface area contributed by atoms with Crippen molar-refractivity contribution < 1.29 is 44.8 Å². The van der Waals surface area contributed by atoms with Crippen molar-refractivity contribution in [2.24, 2.45) is 0 Å². The Hall–Kier alpha value is -0.360. The monoisotopic (exact) mass is 186 g/mol. The predicted molar refractivity (Wildman–Crippen MR) is 24.8 cm³/mol. The largest absolute Gasteiger partial charge is 0.419 e. The zero-order chi connectivity index (χ0) is 9.62. The standard InChI is InChI=1S/C3H6O9/c4-1(5)10-2(6,7)12-3(8,9)11-1/h4-9H. The molecule has 0 aliphatic carbocycles. The highest BCUT2D eigenvalue weighted by molar-refractivity contribution is 4.47. The summed E-state index contributed by atoms with van der Waals surface area (Å²) in [5, 5.41) is 50.6. The molecule has 0 spiro atoms. The molecule has 1 saturated heterocycles. The molecule has 0 aromatic heterocycles. The van der Waals surface area contributed by atoms with E-state index in [4.69, 9.17) is 30.6 Å². The summed E-state index contributed by atoms with van der Waals surface area (Å²) in [5.74, 6) is 0. The highest BCUT2D eigenvalue weighted by Crippen LogP contribution is 2.29. The average Bonchev–Trinajstić information content (AvgIpc) is 1.44. The molecular formula is C3H6O9. The molecule has 0 unspecified atom stereocenters. The summed E-state index contributed by atoms with van der Waals surface area (Å²) in [7, 11) is 0.